The Bertz CT molecular complexity index is 992. The predicted molar refractivity (Wildman–Crippen MR) is 139 cm³/mol. The monoisotopic (exact) mass is 479 g/mol. The SMILES string of the molecule is CC(C)OCCCN1C(=O)c2ccc(-c3ccccc3)n2C[C@@]1(C)C(=O)NC1CCCCCCC1. The number of aromatic nitrogens is 1. The Kier molecular flexibility index (Phi) is 8.32. The van der Waals surface area contributed by atoms with Gasteiger partial charge in [-0.05, 0) is 57.7 Å². The third-order valence-corrected chi connectivity index (χ3v) is 7.48. The highest BCUT2D eigenvalue weighted by molar-refractivity contribution is 6.00. The Morgan fingerprint density at radius 3 is 2.37 bits per heavy atom. The molecule has 2 heterocycles. The summed E-state index contributed by atoms with van der Waals surface area (Å²) < 4.78 is 7.77. The summed E-state index contributed by atoms with van der Waals surface area (Å²) >= 11 is 0. The lowest BCUT2D eigenvalue weighted by molar-refractivity contribution is -0.133. The van der Waals surface area contributed by atoms with Gasteiger partial charge in [0.25, 0.3) is 5.91 Å². The minimum absolute atomic E-state index is 0.0421. The number of nitrogens with zero attached hydrogens (tertiary/aromatic N) is 2. The van der Waals surface area contributed by atoms with E-state index in [4.69, 9.17) is 4.74 Å². The summed E-state index contributed by atoms with van der Waals surface area (Å²) in [6.45, 7) is 7.45. The largest absolute Gasteiger partial charge is 0.379 e. The van der Waals surface area contributed by atoms with Crippen molar-refractivity contribution in [3.05, 3.63) is 48.2 Å². The number of nitrogens with one attached hydrogen (secondary N) is 1. The average Bonchev–Trinajstić information content (AvgIpc) is 3.24. The molecular formula is C29H41N3O3. The molecule has 1 aliphatic carbocycles. The summed E-state index contributed by atoms with van der Waals surface area (Å²) in [7, 11) is 0. The lowest BCUT2D eigenvalue weighted by atomic mass is 9.91. The van der Waals surface area contributed by atoms with E-state index in [-0.39, 0.29) is 24.0 Å². The highest BCUT2D eigenvalue weighted by Crippen LogP contribution is 2.33. The molecule has 1 atom stereocenters. The molecule has 4 rings (SSSR count). The van der Waals surface area contributed by atoms with E-state index < -0.39 is 5.54 Å². The molecule has 0 unspecified atom stereocenters. The average molecular weight is 480 g/mol. The van der Waals surface area contributed by atoms with E-state index in [1.165, 1.54) is 19.3 Å². The molecule has 6 nitrogen and oxygen atoms in total. The fourth-order valence-corrected chi connectivity index (χ4v) is 5.47. The van der Waals surface area contributed by atoms with Crippen LogP contribution in [0.1, 0.15) is 82.6 Å². The molecule has 190 valence electrons. The summed E-state index contributed by atoms with van der Waals surface area (Å²) in [5.74, 6) is -0.127. The zero-order valence-electron chi connectivity index (χ0n) is 21.6. The van der Waals surface area contributed by atoms with Crippen molar-refractivity contribution in [2.45, 2.75) is 96.4 Å². The number of fused-ring (bicyclic) bond motifs is 1. The maximum Gasteiger partial charge on any atom is 0.271 e. The molecule has 2 aliphatic rings. The van der Waals surface area contributed by atoms with Crippen LogP contribution in [0.2, 0.25) is 0 Å². The van der Waals surface area contributed by atoms with Gasteiger partial charge in [-0.25, -0.2) is 0 Å². The lowest BCUT2D eigenvalue weighted by Gasteiger charge is -2.45. The highest BCUT2D eigenvalue weighted by Gasteiger charge is 2.47. The first-order valence-corrected chi connectivity index (χ1v) is 13.4. The van der Waals surface area contributed by atoms with Crippen LogP contribution in [-0.4, -0.2) is 52.1 Å². The standard InChI is InChI=1S/C29H41N3O3/c1-22(2)35-20-12-19-32-27(33)26-18-17-25(23-13-8-7-9-14-23)31(26)21-29(32,3)28(34)30-24-15-10-5-4-6-11-16-24/h7-9,13-14,17-18,22,24H,4-6,10-12,15-16,19-21H2,1-3H3,(H,30,34)/t29-/m0/s1. The molecule has 0 spiro atoms. The Morgan fingerprint density at radius 2 is 1.69 bits per heavy atom. The Hall–Kier alpha value is -2.60. The number of hydrogen-bond acceptors (Lipinski definition) is 3. The van der Waals surface area contributed by atoms with Crippen molar-refractivity contribution < 1.29 is 14.3 Å². The number of benzene rings is 1. The highest BCUT2D eigenvalue weighted by atomic mass is 16.5. The fraction of sp³-hybridized carbons (Fsp3) is 0.586. The van der Waals surface area contributed by atoms with Gasteiger partial charge in [0.1, 0.15) is 11.2 Å². The van der Waals surface area contributed by atoms with E-state index >= 15 is 0 Å². The number of rotatable bonds is 8. The van der Waals surface area contributed by atoms with Crippen molar-refractivity contribution in [2.75, 3.05) is 13.2 Å². The third-order valence-electron chi connectivity index (χ3n) is 7.48. The summed E-state index contributed by atoms with van der Waals surface area (Å²) in [6.07, 6.45) is 8.93. The van der Waals surface area contributed by atoms with Crippen LogP contribution in [0.5, 0.6) is 0 Å². The Morgan fingerprint density at radius 1 is 1.03 bits per heavy atom. The molecule has 1 saturated carbocycles. The summed E-state index contributed by atoms with van der Waals surface area (Å²) in [4.78, 5) is 29.5. The zero-order valence-corrected chi connectivity index (χ0v) is 21.6. The molecule has 2 amide bonds. The topological polar surface area (TPSA) is 63.6 Å². The second-order valence-corrected chi connectivity index (χ2v) is 10.6. The van der Waals surface area contributed by atoms with Gasteiger partial charge in [0.05, 0.1) is 12.6 Å². The summed E-state index contributed by atoms with van der Waals surface area (Å²) in [5.41, 5.74) is 1.70. The molecule has 1 aromatic carbocycles. The van der Waals surface area contributed by atoms with Crippen LogP contribution in [0.4, 0.5) is 0 Å². The number of ether oxygens (including phenoxy) is 1. The zero-order chi connectivity index (χ0) is 24.8. The van der Waals surface area contributed by atoms with Crippen molar-refractivity contribution >= 4 is 11.8 Å². The fourth-order valence-electron chi connectivity index (χ4n) is 5.47. The van der Waals surface area contributed by atoms with Gasteiger partial charge in [0, 0.05) is 24.9 Å². The van der Waals surface area contributed by atoms with E-state index in [0.29, 0.717) is 31.8 Å². The van der Waals surface area contributed by atoms with Crippen molar-refractivity contribution in [1.29, 1.82) is 0 Å². The number of amides is 2. The molecule has 1 aliphatic heterocycles. The van der Waals surface area contributed by atoms with Gasteiger partial charge < -0.3 is 19.5 Å². The van der Waals surface area contributed by atoms with Crippen molar-refractivity contribution in [3.63, 3.8) is 0 Å². The Labute approximate surface area is 210 Å². The minimum Gasteiger partial charge on any atom is -0.379 e. The van der Waals surface area contributed by atoms with Crippen molar-refractivity contribution in [3.8, 4) is 11.3 Å². The second-order valence-electron chi connectivity index (χ2n) is 10.6. The molecule has 1 fully saturated rings. The number of carbonyl (C=O) groups excluding carboxylic acids is 2. The van der Waals surface area contributed by atoms with Crippen LogP contribution < -0.4 is 5.32 Å². The molecule has 0 bridgehead atoms. The summed E-state index contributed by atoms with van der Waals surface area (Å²) in [6, 6.07) is 14.2. The first-order valence-electron chi connectivity index (χ1n) is 13.4. The van der Waals surface area contributed by atoms with Gasteiger partial charge in [-0.2, -0.15) is 0 Å². The molecule has 35 heavy (non-hydrogen) atoms. The van der Waals surface area contributed by atoms with Gasteiger partial charge in [-0.1, -0.05) is 62.4 Å². The molecule has 6 heteroatoms. The maximum atomic E-state index is 13.9. The molecule has 2 aromatic rings. The number of carbonyl (C=O) groups is 2. The number of hydrogen-bond donors (Lipinski definition) is 1. The van der Waals surface area contributed by atoms with Crippen LogP contribution in [0.3, 0.4) is 0 Å². The smallest absolute Gasteiger partial charge is 0.271 e. The second kappa shape index (κ2) is 11.4. The van der Waals surface area contributed by atoms with Crippen LogP contribution >= 0.6 is 0 Å². The van der Waals surface area contributed by atoms with Gasteiger partial charge in [0.2, 0.25) is 5.91 Å². The maximum absolute atomic E-state index is 13.9. The van der Waals surface area contributed by atoms with E-state index in [1.807, 2.05) is 55.7 Å². The quantitative estimate of drug-likeness (QED) is 0.515. The first kappa shape index (κ1) is 25.5. The molecule has 1 N–H and O–H groups in total. The van der Waals surface area contributed by atoms with Gasteiger partial charge in [0.15, 0.2) is 0 Å². The van der Waals surface area contributed by atoms with E-state index in [9.17, 15) is 9.59 Å². The van der Waals surface area contributed by atoms with Gasteiger partial charge >= 0.3 is 0 Å². The van der Waals surface area contributed by atoms with E-state index in [0.717, 1.165) is 36.9 Å². The van der Waals surface area contributed by atoms with E-state index in [1.54, 1.807) is 4.90 Å². The summed E-state index contributed by atoms with van der Waals surface area (Å²) in [5, 5.41) is 3.36. The molecule has 0 saturated heterocycles. The normalized spacial score (nSPS) is 21.5. The van der Waals surface area contributed by atoms with Crippen molar-refractivity contribution in [2.24, 2.45) is 0 Å². The van der Waals surface area contributed by atoms with Crippen LogP contribution in [0.15, 0.2) is 42.5 Å². The molecule has 1 aromatic heterocycles. The van der Waals surface area contributed by atoms with E-state index in [2.05, 4.69) is 17.4 Å². The Balaban J connectivity index is 1.61. The minimum atomic E-state index is -0.965. The van der Waals surface area contributed by atoms with Crippen LogP contribution in [0.25, 0.3) is 11.3 Å². The van der Waals surface area contributed by atoms with Gasteiger partial charge in [-0.3, -0.25) is 9.59 Å². The third kappa shape index (κ3) is 5.80. The van der Waals surface area contributed by atoms with Crippen LogP contribution in [0, 0.1) is 0 Å². The van der Waals surface area contributed by atoms with Crippen molar-refractivity contribution in [1.82, 2.24) is 14.8 Å². The molecular weight excluding hydrogens is 438 g/mol. The predicted octanol–water partition coefficient (Wildman–Crippen LogP) is 5.41. The lowest BCUT2D eigenvalue weighted by Crippen LogP contribution is -2.65. The van der Waals surface area contributed by atoms with Crippen LogP contribution in [-0.2, 0) is 16.1 Å². The first-order chi connectivity index (χ1) is 16.9. The molecule has 0 radical (unpaired) electrons. The van der Waals surface area contributed by atoms with Gasteiger partial charge in [-0.15, -0.1) is 0 Å².